The molecule has 0 radical (unpaired) electrons. The third-order valence-electron chi connectivity index (χ3n) is 2.49. The number of nitrogens with zero attached hydrogens (tertiary/aromatic N) is 3. The molecule has 0 saturated heterocycles. The van der Waals surface area contributed by atoms with Crippen LogP contribution in [0.3, 0.4) is 0 Å². The van der Waals surface area contributed by atoms with Gasteiger partial charge in [0.25, 0.3) is 0 Å². The predicted molar refractivity (Wildman–Crippen MR) is 81.7 cm³/mol. The SMILES string of the molecule is Cc1cc(C)nc(Sc2cc(Br)nc(C(C)C)n2)c1. The van der Waals surface area contributed by atoms with Crippen LogP contribution in [0.4, 0.5) is 0 Å². The predicted octanol–water partition coefficient (Wildman–Crippen LogP) is 4.53. The van der Waals surface area contributed by atoms with Crippen molar-refractivity contribution < 1.29 is 0 Å². The van der Waals surface area contributed by atoms with Crippen molar-refractivity contribution in [3.05, 3.63) is 39.9 Å². The van der Waals surface area contributed by atoms with Crippen molar-refractivity contribution in [1.29, 1.82) is 0 Å². The lowest BCUT2D eigenvalue weighted by Crippen LogP contribution is -1.99. The van der Waals surface area contributed by atoms with Gasteiger partial charge in [0.05, 0.1) is 0 Å². The molecule has 0 fully saturated rings. The second-order valence-electron chi connectivity index (χ2n) is 4.77. The molecule has 0 saturated carbocycles. The Labute approximate surface area is 126 Å². The van der Waals surface area contributed by atoms with Gasteiger partial charge in [0.2, 0.25) is 0 Å². The number of pyridine rings is 1. The first-order chi connectivity index (χ1) is 8.94. The first-order valence-electron chi connectivity index (χ1n) is 6.11. The van der Waals surface area contributed by atoms with Gasteiger partial charge >= 0.3 is 0 Å². The highest BCUT2D eigenvalue weighted by Gasteiger charge is 2.09. The highest BCUT2D eigenvalue weighted by Crippen LogP contribution is 2.28. The highest BCUT2D eigenvalue weighted by atomic mass is 79.9. The number of aryl methyl sites for hydroxylation is 2. The lowest BCUT2D eigenvalue weighted by molar-refractivity contribution is 0.747. The molecule has 0 spiro atoms. The van der Waals surface area contributed by atoms with Crippen LogP contribution in [-0.4, -0.2) is 15.0 Å². The van der Waals surface area contributed by atoms with Crippen LogP contribution in [0.25, 0.3) is 0 Å². The van der Waals surface area contributed by atoms with E-state index in [1.807, 2.05) is 13.0 Å². The summed E-state index contributed by atoms with van der Waals surface area (Å²) in [5.74, 6) is 1.16. The lowest BCUT2D eigenvalue weighted by atomic mass is 10.2. The standard InChI is InChI=1S/C14H16BrN3S/c1-8(2)14-17-11(15)7-13(18-14)19-12-6-9(3)5-10(4)16-12/h5-8H,1-4H3. The van der Waals surface area contributed by atoms with Crippen LogP contribution in [0.1, 0.15) is 36.8 Å². The highest BCUT2D eigenvalue weighted by molar-refractivity contribution is 9.10. The summed E-state index contributed by atoms with van der Waals surface area (Å²) in [6, 6.07) is 6.07. The summed E-state index contributed by atoms with van der Waals surface area (Å²) in [7, 11) is 0. The third kappa shape index (κ3) is 4.01. The molecule has 0 atom stereocenters. The summed E-state index contributed by atoms with van der Waals surface area (Å²) in [5.41, 5.74) is 2.24. The Morgan fingerprint density at radius 1 is 1.00 bits per heavy atom. The van der Waals surface area contributed by atoms with Crippen molar-refractivity contribution in [3.8, 4) is 0 Å². The molecule has 0 aliphatic rings. The van der Waals surface area contributed by atoms with E-state index in [0.29, 0.717) is 5.92 Å². The van der Waals surface area contributed by atoms with E-state index in [1.54, 1.807) is 11.8 Å². The first-order valence-corrected chi connectivity index (χ1v) is 7.72. The van der Waals surface area contributed by atoms with Crippen LogP contribution < -0.4 is 0 Å². The molecular weight excluding hydrogens is 322 g/mol. The third-order valence-corrected chi connectivity index (χ3v) is 3.73. The molecule has 0 unspecified atom stereocenters. The normalized spacial score (nSPS) is 11.1. The van der Waals surface area contributed by atoms with Gasteiger partial charge in [-0.3, -0.25) is 0 Å². The van der Waals surface area contributed by atoms with E-state index in [1.165, 1.54) is 5.56 Å². The van der Waals surface area contributed by atoms with E-state index in [-0.39, 0.29) is 0 Å². The molecule has 0 bridgehead atoms. The molecule has 100 valence electrons. The van der Waals surface area contributed by atoms with E-state index in [9.17, 15) is 0 Å². The van der Waals surface area contributed by atoms with Crippen molar-refractivity contribution in [1.82, 2.24) is 15.0 Å². The van der Waals surface area contributed by atoms with Crippen LogP contribution in [-0.2, 0) is 0 Å². The molecule has 3 nitrogen and oxygen atoms in total. The van der Waals surface area contributed by atoms with E-state index in [0.717, 1.165) is 26.2 Å². The average Bonchev–Trinajstić information content (AvgIpc) is 2.26. The maximum atomic E-state index is 4.57. The molecular formula is C14H16BrN3S. The Morgan fingerprint density at radius 2 is 1.68 bits per heavy atom. The van der Waals surface area contributed by atoms with Gasteiger partial charge in [-0.2, -0.15) is 0 Å². The summed E-state index contributed by atoms with van der Waals surface area (Å²) in [6.45, 7) is 8.26. The summed E-state index contributed by atoms with van der Waals surface area (Å²) in [4.78, 5) is 13.5. The van der Waals surface area contributed by atoms with Gasteiger partial charge < -0.3 is 0 Å². The molecule has 2 heterocycles. The topological polar surface area (TPSA) is 38.7 Å². The Morgan fingerprint density at radius 3 is 2.32 bits per heavy atom. The molecule has 2 rings (SSSR count). The van der Waals surface area contributed by atoms with Crippen LogP contribution in [0.5, 0.6) is 0 Å². The van der Waals surface area contributed by atoms with Crippen LogP contribution in [0, 0.1) is 13.8 Å². The quantitative estimate of drug-likeness (QED) is 0.771. The van der Waals surface area contributed by atoms with Crippen LogP contribution >= 0.6 is 27.7 Å². The number of hydrogen-bond donors (Lipinski definition) is 0. The minimum absolute atomic E-state index is 0.309. The second-order valence-corrected chi connectivity index (χ2v) is 6.62. The molecule has 0 N–H and O–H groups in total. The van der Waals surface area contributed by atoms with Gasteiger partial charge in [-0.1, -0.05) is 13.8 Å². The largest absolute Gasteiger partial charge is 0.246 e. The van der Waals surface area contributed by atoms with Crippen molar-refractivity contribution in [2.24, 2.45) is 0 Å². The Kier molecular flexibility index (Phi) is 4.58. The minimum Gasteiger partial charge on any atom is -0.246 e. The molecule has 5 heteroatoms. The van der Waals surface area contributed by atoms with Crippen molar-refractivity contribution >= 4 is 27.7 Å². The van der Waals surface area contributed by atoms with Gasteiger partial charge in [-0.25, -0.2) is 15.0 Å². The first kappa shape index (κ1) is 14.5. The van der Waals surface area contributed by atoms with Gasteiger partial charge in [0.1, 0.15) is 20.5 Å². The fourth-order valence-electron chi connectivity index (χ4n) is 1.69. The maximum Gasteiger partial charge on any atom is 0.133 e. The minimum atomic E-state index is 0.309. The monoisotopic (exact) mass is 337 g/mol. The molecule has 2 aromatic heterocycles. The zero-order valence-corrected chi connectivity index (χ0v) is 13.8. The smallest absolute Gasteiger partial charge is 0.133 e. The Balaban J connectivity index is 2.32. The average molecular weight is 338 g/mol. The number of rotatable bonds is 3. The molecule has 2 aromatic rings. The number of halogens is 1. The zero-order valence-electron chi connectivity index (χ0n) is 11.4. The maximum absolute atomic E-state index is 4.57. The molecule has 0 aliphatic heterocycles. The van der Waals surface area contributed by atoms with E-state index < -0.39 is 0 Å². The Hall–Kier alpha value is -0.940. The van der Waals surface area contributed by atoms with Crippen LogP contribution in [0.15, 0.2) is 32.9 Å². The van der Waals surface area contributed by atoms with Gasteiger partial charge in [-0.05, 0) is 59.2 Å². The summed E-state index contributed by atoms with van der Waals surface area (Å²) < 4.78 is 0.818. The summed E-state index contributed by atoms with van der Waals surface area (Å²) in [5, 5.41) is 1.89. The molecule has 0 aliphatic carbocycles. The van der Waals surface area contributed by atoms with Crippen molar-refractivity contribution in [2.75, 3.05) is 0 Å². The molecule has 19 heavy (non-hydrogen) atoms. The summed E-state index contributed by atoms with van der Waals surface area (Å²) in [6.07, 6.45) is 0. The zero-order chi connectivity index (χ0) is 14.0. The lowest BCUT2D eigenvalue weighted by Gasteiger charge is -2.08. The van der Waals surface area contributed by atoms with E-state index >= 15 is 0 Å². The number of hydrogen-bond acceptors (Lipinski definition) is 4. The Bertz CT molecular complexity index is 579. The molecule has 0 amide bonds. The van der Waals surface area contributed by atoms with Crippen LogP contribution in [0.2, 0.25) is 0 Å². The van der Waals surface area contributed by atoms with Gasteiger partial charge in [-0.15, -0.1) is 0 Å². The van der Waals surface area contributed by atoms with Gasteiger partial charge in [0, 0.05) is 17.7 Å². The summed E-state index contributed by atoms with van der Waals surface area (Å²) >= 11 is 5.01. The fourth-order valence-corrected chi connectivity index (χ4v) is 3.20. The van der Waals surface area contributed by atoms with Crippen molar-refractivity contribution in [2.45, 2.75) is 43.7 Å². The van der Waals surface area contributed by atoms with E-state index in [2.05, 4.69) is 63.8 Å². The second kappa shape index (κ2) is 6.01. The fraction of sp³-hybridized carbons (Fsp3) is 0.357. The number of aromatic nitrogens is 3. The van der Waals surface area contributed by atoms with E-state index in [4.69, 9.17) is 0 Å². The van der Waals surface area contributed by atoms with Gasteiger partial charge in [0.15, 0.2) is 0 Å². The van der Waals surface area contributed by atoms with Crippen molar-refractivity contribution in [3.63, 3.8) is 0 Å². The molecule has 0 aromatic carbocycles.